The molecule has 18 heavy (non-hydrogen) atoms. The van der Waals surface area contributed by atoms with Gasteiger partial charge in [-0.3, -0.25) is 0 Å². The zero-order valence-electron chi connectivity index (χ0n) is 10.7. The molecule has 1 rings (SSSR count). The molecule has 0 bridgehead atoms. The first kappa shape index (κ1) is 15.4. The van der Waals surface area contributed by atoms with E-state index in [0.717, 1.165) is 5.56 Å². The van der Waals surface area contributed by atoms with E-state index in [-0.39, 0.29) is 11.1 Å². The number of benzene rings is 1. The summed E-state index contributed by atoms with van der Waals surface area (Å²) < 4.78 is 23.9. The molecule has 0 aliphatic rings. The normalized spacial score (nSPS) is 13.0. The summed E-state index contributed by atoms with van der Waals surface area (Å²) in [5, 5.41) is 0.101. The van der Waals surface area contributed by atoms with E-state index in [1.165, 1.54) is 6.07 Å². The van der Waals surface area contributed by atoms with Crippen molar-refractivity contribution in [3.05, 3.63) is 34.6 Å². The van der Waals surface area contributed by atoms with Crippen molar-refractivity contribution in [2.75, 3.05) is 13.2 Å². The fourth-order valence-corrected chi connectivity index (χ4v) is 1.86. The molecule has 0 saturated heterocycles. The van der Waals surface area contributed by atoms with E-state index >= 15 is 0 Å². The Balaban J connectivity index is 2.66. The summed E-state index contributed by atoms with van der Waals surface area (Å²) >= 11 is 5.72. The molecule has 1 aromatic rings. The van der Waals surface area contributed by atoms with Crippen LogP contribution < -0.4 is 5.73 Å². The Bertz CT molecular complexity index is 370. The second kappa shape index (κ2) is 7.69. The molecule has 1 unspecified atom stereocenters. The highest BCUT2D eigenvalue weighted by Gasteiger charge is 2.19. The smallest absolute Gasteiger partial charge is 0.172 e. The van der Waals surface area contributed by atoms with Crippen LogP contribution in [-0.2, 0) is 15.9 Å². The summed E-state index contributed by atoms with van der Waals surface area (Å²) in [4.78, 5) is 0. The fraction of sp³-hybridized carbons (Fsp3) is 0.538. The van der Waals surface area contributed by atoms with E-state index in [2.05, 4.69) is 0 Å². The van der Waals surface area contributed by atoms with Gasteiger partial charge in [0.25, 0.3) is 0 Å². The van der Waals surface area contributed by atoms with Crippen molar-refractivity contribution >= 4 is 11.6 Å². The third-order valence-electron chi connectivity index (χ3n) is 2.47. The Morgan fingerprint density at radius 2 is 1.89 bits per heavy atom. The standard InChI is InChI=1S/C13H19ClFNO2/c1-3-17-13(18-4-2)12(16)8-9-5-6-11(15)10(14)7-9/h5-7,12-13H,3-4,8,16H2,1-2H3. The van der Waals surface area contributed by atoms with Crippen molar-refractivity contribution in [1.29, 1.82) is 0 Å². The lowest BCUT2D eigenvalue weighted by Gasteiger charge is -2.23. The average molecular weight is 276 g/mol. The van der Waals surface area contributed by atoms with E-state index in [4.69, 9.17) is 26.8 Å². The maximum absolute atomic E-state index is 13.0. The van der Waals surface area contributed by atoms with Crippen molar-refractivity contribution in [3.63, 3.8) is 0 Å². The van der Waals surface area contributed by atoms with E-state index in [1.807, 2.05) is 13.8 Å². The Morgan fingerprint density at radius 3 is 2.39 bits per heavy atom. The third-order valence-corrected chi connectivity index (χ3v) is 2.76. The molecule has 0 spiro atoms. The summed E-state index contributed by atoms with van der Waals surface area (Å²) in [5.74, 6) is -0.430. The predicted molar refractivity (Wildman–Crippen MR) is 70.1 cm³/mol. The molecule has 5 heteroatoms. The van der Waals surface area contributed by atoms with Gasteiger partial charge in [0.15, 0.2) is 6.29 Å². The Kier molecular flexibility index (Phi) is 6.57. The van der Waals surface area contributed by atoms with Gasteiger partial charge < -0.3 is 15.2 Å². The number of hydrogen-bond acceptors (Lipinski definition) is 3. The molecule has 102 valence electrons. The van der Waals surface area contributed by atoms with Crippen LogP contribution in [0, 0.1) is 5.82 Å². The Hall–Kier alpha value is -0.680. The predicted octanol–water partition coefficient (Wildman–Crippen LogP) is 2.75. The summed E-state index contributed by atoms with van der Waals surface area (Å²) in [5.41, 5.74) is 6.88. The van der Waals surface area contributed by atoms with E-state index in [0.29, 0.717) is 19.6 Å². The topological polar surface area (TPSA) is 44.5 Å². The van der Waals surface area contributed by atoms with Gasteiger partial charge in [-0.15, -0.1) is 0 Å². The highest BCUT2D eigenvalue weighted by atomic mass is 35.5. The van der Waals surface area contributed by atoms with Crippen LogP contribution in [0.15, 0.2) is 18.2 Å². The van der Waals surface area contributed by atoms with Crippen molar-refractivity contribution in [2.24, 2.45) is 5.73 Å². The largest absolute Gasteiger partial charge is 0.351 e. The second-order valence-electron chi connectivity index (χ2n) is 3.90. The van der Waals surface area contributed by atoms with Gasteiger partial charge in [-0.2, -0.15) is 0 Å². The van der Waals surface area contributed by atoms with Gasteiger partial charge in [0.2, 0.25) is 0 Å². The highest BCUT2D eigenvalue weighted by Crippen LogP contribution is 2.17. The van der Waals surface area contributed by atoms with Gasteiger partial charge in [-0.25, -0.2) is 4.39 Å². The van der Waals surface area contributed by atoms with E-state index < -0.39 is 12.1 Å². The SMILES string of the molecule is CCOC(OCC)C(N)Cc1ccc(F)c(Cl)c1. The lowest BCUT2D eigenvalue weighted by Crippen LogP contribution is -2.40. The van der Waals surface area contributed by atoms with Crippen LogP contribution in [0.3, 0.4) is 0 Å². The molecule has 3 nitrogen and oxygen atoms in total. The van der Waals surface area contributed by atoms with Crippen molar-refractivity contribution in [2.45, 2.75) is 32.6 Å². The van der Waals surface area contributed by atoms with Crippen molar-refractivity contribution in [3.8, 4) is 0 Å². The minimum Gasteiger partial charge on any atom is -0.351 e. The summed E-state index contributed by atoms with van der Waals surface area (Å²) in [7, 11) is 0. The summed E-state index contributed by atoms with van der Waals surface area (Å²) in [6.45, 7) is 4.83. The fourth-order valence-electron chi connectivity index (χ4n) is 1.66. The zero-order valence-corrected chi connectivity index (χ0v) is 11.4. The molecule has 1 atom stereocenters. The molecule has 1 aromatic carbocycles. The van der Waals surface area contributed by atoms with Crippen molar-refractivity contribution < 1.29 is 13.9 Å². The van der Waals surface area contributed by atoms with Gasteiger partial charge in [-0.1, -0.05) is 17.7 Å². The van der Waals surface area contributed by atoms with Crippen LogP contribution in [-0.4, -0.2) is 25.5 Å². The molecule has 0 heterocycles. The first-order chi connectivity index (χ1) is 8.58. The third kappa shape index (κ3) is 4.53. The van der Waals surface area contributed by atoms with Crippen molar-refractivity contribution in [1.82, 2.24) is 0 Å². The van der Waals surface area contributed by atoms with Gasteiger partial charge in [-0.05, 0) is 38.0 Å². The molecule has 0 saturated carbocycles. The minimum atomic E-state index is -0.455. The Morgan fingerprint density at radius 1 is 1.28 bits per heavy atom. The second-order valence-corrected chi connectivity index (χ2v) is 4.30. The molecular formula is C13H19ClFNO2. The monoisotopic (exact) mass is 275 g/mol. The van der Waals surface area contributed by atoms with Crippen LogP contribution in [0.1, 0.15) is 19.4 Å². The maximum Gasteiger partial charge on any atom is 0.172 e. The summed E-state index contributed by atoms with van der Waals surface area (Å²) in [6, 6.07) is 4.26. The Labute approximate surface area is 112 Å². The van der Waals surface area contributed by atoms with E-state index in [9.17, 15) is 4.39 Å². The molecule has 0 aromatic heterocycles. The highest BCUT2D eigenvalue weighted by molar-refractivity contribution is 6.30. The number of hydrogen-bond donors (Lipinski definition) is 1. The first-order valence-corrected chi connectivity index (χ1v) is 6.39. The van der Waals surface area contributed by atoms with Gasteiger partial charge in [0, 0.05) is 13.2 Å². The maximum atomic E-state index is 13.0. The van der Waals surface area contributed by atoms with E-state index in [1.54, 1.807) is 12.1 Å². The number of rotatable bonds is 7. The van der Waals surface area contributed by atoms with Crippen LogP contribution in [0.25, 0.3) is 0 Å². The summed E-state index contributed by atoms with van der Waals surface area (Å²) in [6.07, 6.45) is 0.0637. The van der Waals surface area contributed by atoms with Crippen LogP contribution >= 0.6 is 11.6 Å². The van der Waals surface area contributed by atoms with Crippen LogP contribution in [0.2, 0.25) is 5.02 Å². The molecule has 0 amide bonds. The van der Waals surface area contributed by atoms with Gasteiger partial charge >= 0.3 is 0 Å². The zero-order chi connectivity index (χ0) is 13.5. The van der Waals surface area contributed by atoms with Crippen LogP contribution in [0.4, 0.5) is 4.39 Å². The molecule has 0 aliphatic carbocycles. The molecule has 2 N–H and O–H groups in total. The lowest BCUT2D eigenvalue weighted by atomic mass is 10.1. The molecule has 0 fully saturated rings. The molecule has 0 radical (unpaired) electrons. The number of nitrogens with two attached hydrogens (primary N) is 1. The lowest BCUT2D eigenvalue weighted by molar-refractivity contribution is -0.148. The van der Waals surface area contributed by atoms with Crippen LogP contribution in [0.5, 0.6) is 0 Å². The number of halogens is 2. The minimum absolute atomic E-state index is 0.101. The van der Waals surface area contributed by atoms with Gasteiger partial charge in [0.05, 0.1) is 11.1 Å². The molecule has 0 aliphatic heterocycles. The first-order valence-electron chi connectivity index (χ1n) is 6.01. The quantitative estimate of drug-likeness (QED) is 0.778. The molecular weight excluding hydrogens is 257 g/mol. The average Bonchev–Trinajstić information content (AvgIpc) is 2.33. The van der Waals surface area contributed by atoms with Gasteiger partial charge in [0.1, 0.15) is 5.82 Å². The number of ether oxygens (including phenoxy) is 2.